The highest BCUT2D eigenvalue weighted by Gasteiger charge is 2.23. The van der Waals surface area contributed by atoms with Crippen LogP contribution in [0.5, 0.6) is 11.5 Å². The van der Waals surface area contributed by atoms with Gasteiger partial charge < -0.3 is 14.8 Å². The molecule has 1 aromatic heterocycles. The van der Waals surface area contributed by atoms with Crippen molar-refractivity contribution >= 4 is 11.6 Å². The fourth-order valence-corrected chi connectivity index (χ4v) is 2.35. The van der Waals surface area contributed by atoms with E-state index in [0.717, 1.165) is 5.56 Å². The van der Waals surface area contributed by atoms with Crippen molar-refractivity contribution in [1.29, 1.82) is 0 Å². The Morgan fingerprint density at radius 1 is 1.17 bits per heavy atom. The number of hydrogen-bond donors (Lipinski definition) is 1. The number of carbonyl (C=O) groups is 1. The summed E-state index contributed by atoms with van der Waals surface area (Å²) in [7, 11) is 6.83. The molecular weight excluding hydrogens is 294 g/mol. The maximum Gasteiger partial charge on any atom is 0.246 e. The van der Waals surface area contributed by atoms with Gasteiger partial charge >= 0.3 is 0 Å². The van der Waals surface area contributed by atoms with Crippen molar-refractivity contribution in [3.63, 3.8) is 0 Å². The number of benzene rings is 1. The molecule has 0 fully saturated rings. The normalized spacial score (nSPS) is 11.9. The van der Waals surface area contributed by atoms with E-state index < -0.39 is 6.04 Å². The third kappa shape index (κ3) is 3.98. The van der Waals surface area contributed by atoms with Gasteiger partial charge in [0.1, 0.15) is 6.04 Å². The number of rotatable bonds is 6. The predicted octanol–water partition coefficient (Wildman–Crippen LogP) is 2.34. The molecule has 1 aromatic carbocycles. The molecule has 0 radical (unpaired) electrons. The molecule has 1 N–H and O–H groups in total. The zero-order valence-corrected chi connectivity index (χ0v) is 13.7. The van der Waals surface area contributed by atoms with Crippen LogP contribution in [0.1, 0.15) is 11.6 Å². The van der Waals surface area contributed by atoms with Crippen molar-refractivity contribution in [2.45, 2.75) is 6.04 Å². The molecular formula is C17H21N3O3. The van der Waals surface area contributed by atoms with Crippen LogP contribution in [0.25, 0.3) is 0 Å². The molecule has 0 saturated heterocycles. The molecule has 6 nitrogen and oxygen atoms in total. The summed E-state index contributed by atoms with van der Waals surface area (Å²) in [5.41, 5.74) is 1.47. The lowest BCUT2D eigenvalue weighted by Crippen LogP contribution is -2.32. The average Bonchev–Trinajstić information content (AvgIpc) is 2.55. The van der Waals surface area contributed by atoms with Gasteiger partial charge in [0.25, 0.3) is 0 Å². The summed E-state index contributed by atoms with van der Waals surface area (Å²) in [4.78, 5) is 18.6. The molecule has 2 rings (SSSR count). The Hall–Kier alpha value is -2.60. The van der Waals surface area contributed by atoms with Crippen LogP contribution in [-0.2, 0) is 4.79 Å². The highest BCUT2D eigenvalue weighted by molar-refractivity contribution is 5.95. The highest BCUT2D eigenvalue weighted by atomic mass is 16.5. The smallest absolute Gasteiger partial charge is 0.246 e. The van der Waals surface area contributed by atoms with Crippen molar-refractivity contribution < 1.29 is 14.3 Å². The molecule has 1 amide bonds. The minimum Gasteiger partial charge on any atom is -0.493 e. The van der Waals surface area contributed by atoms with Crippen LogP contribution in [0.3, 0.4) is 0 Å². The minimum atomic E-state index is -0.434. The van der Waals surface area contributed by atoms with Gasteiger partial charge in [-0.15, -0.1) is 0 Å². The lowest BCUT2D eigenvalue weighted by Gasteiger charge is -2.23. The lowest BCUT2D eigenvalue weighted by molar-refractivity contribution is -0.120. The molecule has 0 spiro atoms. The van der Waals surface area contributed by atoms with Crippen molar-refractivity contribution in [2.75, 3.05) is 33.6 Å². The van der Waals surface area contributed by atoms with Crippen LogP contribution in [0.4, 0.5) is 5.69 Å². The molecule has 0 aliphatic rings. The van der Waals surface area contributed by atoms with Crippen LogP contribution >= 0.6 is 0 Å². The molecule has 1 unspecified atom stereocenters. The number of amides is 1. The van der Waals surface area contributed by atoms with E-state index in [9.17, 15) is 4.79 Å². The van der Waals surface area contributed by atoms with Gasteiger partial charge in [0.2, 0.25) is 5.91 Å². The quantitative estimate of drug-likeness (QED) is 0.886. The monoisotopic (exact) mass is 315 g/mol. The summed E-state index contributed by atoms with van der Waals surface area (Å²) in [6.45, 7) is 0. The molecule has 0 saturated carbocycles. The van der Waals surface area contributed by atoms with Crippen molar-refractivity contribution in [3.8, 4) is 11.5 Å². The number of hydrogen-bond acceptors (Lipinski definition) is 5. The molecule has 0 bridgehead atoms. The summed E-state index contributed by atoms with van der Waals surface area (Å²) in [6.07, 6.45) is 3.38. The zero-order valence-electron chi connectivity index (χ0n) is 13.7. The largest absolute Gasteiger partial charge is 0.493 e. The van der Waals surface area contributed by atoms with Gasteiger partial charge in [0.05, 0.1) is 14.2 Å². The van der Waals surface area contributed by atoms with Crippen LogP contribution < -0.4 is 14.8 Å². The van der Waals surface area contributed by atoms with E-state index in [1.165, 1.54) is 0 Å². The fraction of sp³-hybridized carbons (Fsp3) is 0.294. The Bertz CT molecular complexity index is 659. The zero-order chi connectivity index (χ0) is 16.8. The Morgan fingerprint density at radius 2 is 1.91 bits per heavy atom. The number of nitrogens with one attached hydrogen (secondary N) is 1. The summed E-state index contributed by atoms with van der Waals surface area (Å²) in [5.74, 6) is 1.03. The second-order valence-corrected chi connectivity index (χ2v) is 5.21. The Labute approximate surface area is 136 Å². The van der Waals surface area contributed by atoms with E-state index >= 15 is 0 Å². The molecule has 122 valence electrons. The van der Waals surface area contributed by atoms with Crippen molar-refractivity contribution in [2.24, 2.45) is 0 Å². The van der Waals surface area contributed by atoms with E-state index in [4.69, 9.17) is 9.47 Å². The van der Waals surface area contributed by atoms with Crippen molar-refractivity contribution in [1.82, 2.24) is 9.88 Å². The number of methoxy groups -OCH3 is 2. The molecule has 0 aliphatic heterocycles. The van der Waals surface area contributed by atoms with E-state index in [1.807, 2.05) is 31.1 Å². The van der Waals surface area contributed by atoms with Gasteiger partial charge in [-0.25, -0.2) is 0 Å². The molecule has 0 aliphatic carbocycles. The number of pyridine rings is 1. The first-order valence-corrected chi connectivity index (χ1v) is 7.16. The number of likely N-dealkylation sites (N-methyl/N-ethyl adjacent to an activating group) is 1. The van der Waals surface area contributed by atoms with Crippen LogP contribution in [0, 0.1) is 0 Å². The molecule has 6 heteroatoms. The van der Waals surface area contributed by atoms with Crippen LogP contribution in [0.2, 0.25) is 0 Å². The van der Waals surface area contributed by atoms with Gasteiger partial charge in [-0.3, -0.25) is 14.7 Å². The third-order valence-corrected chi connectivity index (χ3v) is 3.42. The second-order valence-electron chi connectivity index (χ2n) is 5.21. The number of nitrogens with zero attached hydrogens (tertiary/aromatic N) is 2. The standard InChI is InChI=1S/C17H21N3O3/c1-20(2)16(12-6-5-9-18-11-12)17(21)19-13-7-8-14(22-3)15(10-13)23-4/h5-11,16H,1-4H3,(H,19,21). The van der Waals surface area contributed by atoms with Gasteiger partial charge in [0.15, 0.2) is 11.5 Å². The molecule has 23 heavy (non-hydrogen) atoms. The Balaban J connectivity index is 2.22. The SMILES string of the molecule is COc1ccc(NC(=O)C(c2cccnc2)N(C)C)cc1OC. The van der Waals surface area contributed by atoms with Gasteiger partial charge in [0, 0.05) is 24.1 Å². The van der Waals surface area contributed by atoms with Crippen LogP contribution in [0.15, 0.2) is 42.7 Å². The van der Waals surface area contributed by atoms with E-state index in [-0.39, 0.29) is 5.91 Å². The summed E-state index contributed by atoms with van der Waals surface area (Å²) >= 11 is 0. The van der Waals surface area contributed by atoms with E-state index in [0.29, 0.717) is 17.2 Å². The summed E-state index contributed by atoms with van der Waals surface area (Å²) in [6, 6.07) is 8.52. The maximum absolute atomic E-state index is 12.7. The summed E-state index contributed by atoms with van der Waals surface area (Å²) in [5, 5.41) is 2.90. The predicted molar refractivity (Wildman–Crippen MR) is 88.8 cm³/mol. The third-order valence-electron chi connectivity index (χ3n) is 3.42. The molecule has 1 heterocycles. The first-order chi connectivity index (χ1) is 11.1. The first kappa shape index (κ1) is 16.8. The fourth-order valence-electron chi connectivity index (χ4n) is 2.35. The number of ether oxygens (including phenoxy) is 2. The van der Waals surface area contributed by atoms with Gasteiger partial charge in [-0.1, -0.05) is 6.07 Å². The van der Waals surface area contributed by atoms with Crippen molar-refractivity contribution in [3.05, 3.63) is 48.3 Å². The van der Waals surface area contributed by atoms with E-state index in [1.54, 1.807) is 44.8 Å². The van der Waals surface area contributed by atoms with Crippen LogP contribution in [-0.4, -0.2) is 44.1 Å². The summed E-state index contributed by atoms with van der Waals surface area (Å²) < 4.78 is 10.5. The Morgan fingerprint density at radius 3 is 2.48 bits per heavy atom. The Kier molecular flexibility index (Phi) is 5.54. The number of carbonyl (C=O) groups excluding carboxylic acids is 1. The number of anilines is 1. The first-order valence-electron chi connectivity index (χ1n) is 7.16. The average molecular weight is 315 g/mol. The van der Waals surface area contributed by atoms with E-state index in [2.05, 4.69) is 10.3 Å². The lowest BCUT2D eigenvalue weighted by atomic mass is 10.1. The maximum atomic E-state index is 12.7. The molecule has 1 atom stereocenters. The molecule has 2 aromatic rings. The van der Waals surface area contributed by atoms with Gasteiger partial charge in [-0.2, -0.15) is 0 Å². The number of aromatic nitrogens is 1. The topological polar surface area (TPSA) is 63.7 Å². The van der Waals surface area contributed by atoms with Gasteiger partial charge in [-0.05, 0) is 37.9 Å². The minimum absolute atomic E-state index is 0.143. The highest BCUT2D eigenvalue weighted by Crippen LogP contribution is 2.30. The second kappa shape index (κ2) is 7.60.